The molecule has 1 atom stereocenters. The highest BCUT2D eigenvalue weighted by Gasteiger charge is 2.22. The van der Waals surface area contributed by atoms with E-state index in [4.69, 9.17) is 9.98 Å². The summed E-state index contributed by atoms with van der Waals surface area (Å²) in [5, 5.41) is 6.21. The molecular formula is C45H31N3S. The minimum Gasteiger partial charge on any atom is -0.324 e. The van der Waals surface area contributed by atoms with Gasteiger partial charge in [0.2, 0.25) is 0 Å². The zero-order chi connectivity index (χ0) is 32.6. The molecular weight excluding hydrogens is 615 g/mol. The second kappa shape index (κ2) is 12.5. The molecule has 0 fully saturated rings. The van der Waals surface area contributed by atoms with Crippen LogP contribution in [0.25, 0.3) is 53.6 Å². The third kappa shape index (κ3) is 5.62. The molecule has 1 aromatic heterocycles. The highest BCUT2D eigenvalue weighted by molar-refractivity contribution is 7.25. The Morgan fingerprint density at radius 1 is 0.408 bits per heavy atom. The van der Waals surface area contributed by atoms with Gasteiger partial charge in [-0.25, -0.2) is 9.98 Å². The topological polar surface area (TPSA) is 36.8 Å². The minimum absolute atomic E-state index is 0.418. The van der Waals surface area contributed by atoms with Gasteiger partial charge in [-0.1, -0.05) is 152 Å². The SMILES string of the molecule is c1ccc(-c2ccc(C3=NC(c4cccc(-c5cccc6sc7ccccc7c56)c4)N=C(c4cccc(-c5ccccc5)c4)N3)cc2)cc1. The van der Waals surface area contributed by atoms with Crippen LogP contribution in [0.5, 0.6) is 0 Å². The first kappa shape index (κ1) is 29.1. The van der Waals surface area contributed by atoms with Crippen molar-refractivity contribution in [3.63, 3.8) is 0 Å². The van der Waals surface area contributed by atoms with Crippen LogP contribution in [0.1, 0.15) is 22.9 Å². The van der Waals surface area contributed by atoms with Crippen molar-refractivity contribution in [2.45, 2.75) is 6.17 Å². The molecule has 4 heteroatoms. The van der Waals surface area contributed by atoms with Gasteiger partial charge < -0.3 is 5.32 Å². The van der Waals surface area contributed by atoms with E-state index in [1.54, 1.807) is 0 Å². The van der Waals surface area contributed by atoms with Crippen LogP contribution in [0.4, 0.5) is 0 Å². The van der Waals surface area contributed by atoms with E-state index in [1.807, 2.05) is 23.5 Å². The fourth-order valence-corrected chi connectivity index (χ4v) is 7.83. The summed E-state index contributed by atoms with van der Waals surface area (Å²) in [6.07, 6.45) is -0.418. The Bertz CT molecular complexity index is 2510. The maximum absolute atomic E-state index is 5.26. The van der Waals surface area contributed by atoms with Gasteiger partial charge in [0.25, 0.3) is 0 Å². The van der Waals surface area contributed by atoms with Crippen molar-refractivity contribution in [2.24, 2.45) is 9.98 Å². The van der Waals surface area contributed by atoms with Crippen molar-refractivity contribution in [1.29, 1.82) is 0 Å². The third-order valence-electron chi connectivity index (χ3n) is 9.15. The van der Waals surface area contributed by atoms with E-state index in [2.05, 4.69) is 169 Å². The molecule has 0 saturated carbocycles. The Labute approximate surface area is 289 Å². The number of rotatable bonds is 6. The lowest BCUT2D eigenvalue weighted by Crippen LogP contribution is -2.36. The first-order valence-corrected chi connectivity index (χ1v) is 17.3. The monoisotopic (exact) mass is 645 g/mol. The van der Waals surface area contributed by atoms with E-state index >= 15 is 0 Å². The fraction of sp³-hybridized carbons (Fsp3) is 0.0222. The van der Waals surface area contributed by atoms with Crippen molar-refractivity contribution in [3.05, 3.63) is 193 Å². The van der Waals surface area contributed by atoms with Crippen LogP contribution < -0.4 is 5.32 Å². The van der Waals surface area contributed by atoms with E-state index < -0.39 is 6.17 Å². The lowest BCUT2D eigenvalue weighted by Gasteiger charge is -2.23. The Kier molecular flexibility index (Phi) is 7.41. The molecule has 3 nitrogen and oxygen atoms in total. The van der Waals surface area contributed by atoms with E-state index in [-0.39, 0.29) is 0 Å². The summed E-state index contributed by atoms with van der Waals surface area (Å²) in [5.41, 5.74) is 10.2. The number of nitrogens with one attached hydrogen (secondary N) is 1. The number of amidine groups is 2. The molecule has 1 aliphatic rings. The average Bonchev–Trinajstić information content (AvgIpc) is 3.58. The van der Waals surface area contributed by atoms with Gasteiger partial charge in [0.15, 0.2) is 6.17 Å². The normalized spacial score (nSPS) is 14.3. The predicted octanol–water partition coefficient (Wildman–Crippen LogP) is 11.6. The van der Waals surface area contributed by atoms with Gasteiger partial charge in [0, 0.05) is 31.3 Å². The lowest BCUT2D eigenvalue weighted by molar-refractivity contribution is 0.756. The van der Waals surface area contributed by atoms with Crippen LogP contribution in [0.2, 0.25) is 0 Å². The number of aliphatic imine (C=N–C) groups is 2. The summed E-state index contributed by atoms with van der Waals surface area (Å²) in [6.45, 7) is 0. The van der Waals surface area contributed by atoms with Crippen LogP contribution >= 0.6 is 11.3 Å². The summed E-state index contributed by atoms with van der Waals surface area (Å²) in [4.78, 5) is 10.5. The molecule has 9 rings (SSSR count). The maximum atomic E-state index is 5.26. The summed E-state index contributed by atoms with van der Waals surface area (Å²) in [6, 6.07) is 62.2. The van der Waals surface area contributed by atoms with Crippen molar-refractivity contribution >= 4 is 43.2 Å². The molecule has 1 unspecified atom stereocenters. The average molecular weight is 646 g/mol. The molecule has 1 N–H and O–H groups in total. The first-order chi connectivity index (χ1) is 24.3. The largest absolute Gasteiger partial charge is 0.324 e. The van der Waals surface area contributed by atoms with Crippen LogP contribution in [0, 0.1) is 0 Å². The Hall–Kier alpha value is -6.10. The van der Waals surface area contributed by atoms with E-state index in [0.717, 1.165) is 39.5 Å². The van der Waals surface area contributed by atoms with Crippen molar-refractivity contribution in [1.82, 2.24) is 5.32 Å². The Morgan fingerprint density at radius 2 is 0.959 bits per heavy atom. The molecule has 0 amide bonds. The molecule has 1 aliphatic heterocycles. The van der Waals surface area contributed by atoms with Gasteiger partial charge in [-0.05, 0) is 63.2 Å². The third-order valence-corrected chi connectivity index (χ3v) is 10.3. The van der Waals surface area contributed by atoms with Gasteiger partial charge in [0.05, 0.1) is 0 Å². The highest BCUT2D eigenvalue weighted by atomic mass is 32.1. The van der Waals surface area contributed by atoms with E-state index in [1.165, 1.54) is 42.4 Å². The summed E-state index contributed by atoms with van der Waals surface area (Å²) >= 11 is 1.85. The minimum atomic E-state index is -0.418. The molecule has 8 aromatic rings. The maximum Gasteiger partial charge on any atom is 0.169 e. The lowest BCUT2D eigenvalue weighted by atomic mass is 9.97. The van der Waals surface area contributed by atoms with Gasteiger partial charge in [0.1, 0.15) is 11.7 Å². The second-order valence-corrected chi connectivity index (χ2v) is 13.3. The highest BCUT2D eigenvalue weighted by Crippen LogP contribution is 2.40. The number of hydrogen-bond acceptors (Lipinski definition) is 4. The van der Waals surface area contributed by atoms with E-state index in [0.29, 0.717) is 0 Å². The molecule has 0 bridgehead atoms. The van der Waals surface area contributed by atoms with Gasteiger partial charge in [-0.2, -0.15) is 0 Å². The number of fused-ring (bicyclic) bond motifs is 3. The summed E-state index contributed by atoms with van der Waals surface area (Å²) in [5.74, 6) is 1.60. The number of thiophene rings is 1. The van der Waals surface area contributed by atoms with Crippen molar-refractivity contribution in [2.75, 3.05) is 0 Å². The summed E-state index contributed by atoms with van der Waals surface area (Å²) in [7, 11) is 0. The van der Waals surface area contributed by atoms with Gasteiger partial charge >= 0.3 is 0 Å². The van der Waals surface area contributed by atoms with Crippen LogP contribution in [0.15, 0.2) is 186 Å². The molecule has 7 aromatic carbocycles. The van der Waals surface area contributed by atoms with Crippen LogP contribution in [0.3, 0.4) is 0 Å². The van der Waals surface area contributed by atoms with Gasteiger partial charge in [-0.15, -0.1) is 11.3 Å². The zero-order valence-electron chi connectivity index (χ0n) is 26.6. The van der Waals surface area contributed by atoms with Crippen LogP contribution in [-0.2, 0) is 0 Å². The van der Waals surface area contributed by atoms with Gasteiger partial charge in [-0.3, -0.25) is 0 Å². The quantitative estimate of drug-likeness (QED) is 0.192. The predicted molar refractivity (Wildman–Crippen MR) is 207 cm³/mol. The zero-order valence-corrected chi connectivity index (χ0v) is 27.4. The Balaban J connectivity index is 1.14. The molecule has 0 radical (unpaired) electrons. The molecule has 232 valence electrons. The molecule has 49 heavy (non-hydrogen) atoms. The molecule has 0 aliphatic carbocycles. The standard InChI is InChI=1S/C45H31N3S/c1-3-12-30(13-4-1)32-24-26-33(27-25-32)43-46-44(36-18-9-16-34(28-36)31-14-5-2-6-15-31)48-45(47-43)37-19-10-17-35(29-37)38-21-11-23-41-42(38)39-20-7-8-22-40(39)49-41/h1-29,45H,(H,46,47,48). The Morgan fingerprint density at radius 3 is 1.76 bits per heavy atom. The number of hydrogen-bond donors (Lipinski definition) is 1. The molecule has 2 heterocycles. The van der Waals surface area contributed by atoms with Crippen molar-refractivity contribution < 1.29 is 0 Å². The molecule has 0 saturated heterocycles. The number of benzene rings is 7. The first-order valence-electron chi connectivity index (χ1n) is 16.5. The number of nitrogens with zero attached hydrogens (tertiary/aromatic N) is 2. The second-order valence-electron chi connectivity index (χ2n) is 12.2. The van der Waals surface area contributed by atoms with E-state index in [9.17, 15) is 0 Å². The van der Waals surface area contributed by atoms with Crippen LogP contribution in [-0.4, -0.2) is 11.7 Å². The van der Waals surface area contributed by atoms with Crippen molar-refractivity contribution in [3.8, 4) is 33.4 Å². The smallest absolute Gasteiger partial charge is 0.169 e. The fourth-order valence-electron chi connectivity index (χ4n) is 6.70. The molecule has 0 spiro atoms. The summed E-state index contributed by atoms with van der Waals surface area (Å²) < 4.78 is 2.60.